The van der Waals surface area contributed by atoms with Crippen LogP contribution in [0.25, 0.3) is 5.52 Å². The smallest absolute Gasteiger partial charge is 0.308 e. The highest BCUT2D eigenvalue weighted by Crippen LogP contribution is 2.44. The molecule has 12 heteroatoms. The Bertz CT molecular complexity index is 1190. The van der Waals surface area contributed by atoms with E-state index < -0.39 is 59.6 Å². The molecule has 2 N–H and O–H groups in total. The molecule has 1 aliphatic heterocycles. The molecule has 4 atom stereocenters. The van der Waals surface area contributed by atoms with E-state index in [4.69, 9.17) is 24.7 Å². The average Bonchev–Trinajstić information content (AvgIpc) is 3.38. The predicted octanol–water partition coefficient (Wildman–Crippen LogP) is 1.76. The summed E-state index contributed by atoms with van der Waals surface area (Å²) in [5, 5.41) is 14.7. The molecular formula is C24H31N5O7. The molecule has 1 fully saturated rings. The molecular weight excluding hydrogens is 470 g/mol. The third-order valence-electron chi connectivity index (χ3n) is 5.73. The van der Waals surface area contributed by atoms with Crippen molar-refractivity contribution < 1.29 is 33.3 Å². The van der Waals surface area contributed by atoms with Gasteiger partial charge in [0.1, 0.15) is 30.6 Å². The van der Waals surface area contributed by atoms with Crippen LogP contribution < -0.4 is 5.73 Å². The van der Waals surface area contributed by atoms with Gasteiger partial charge in [-0.15, -0.1) is 0 Å². The predicted molar refractivity (Wildman–Crippen MR) is 125 cm³/mol. The molecule has 0 aromatic carbocycles. The van der Waals surface area contributed by atoms with Crippen molar-refractivity contribution in [2.45, 2.75) is 65.5 Å². The first-order chi connectivity index (χ1) is 16.9. The van der Waals surface area contributed by atoms with Crippen molar-refractivity contribution >= 4 is 29.2 Å². The van der Waals surface area contributed by atoms with Crippen LogP contribution in [0.1, 0.15) is 47.2 Å². The standard InChI is InChI=1S/C24H31N5O7/c1-12(2)21(30)33-9-16-18(34-22(31)13(3)4)19(35-23(32)14(5)6)24(10-25,36-16)17-8-7-15-20(26)27-11-28-29(15)17/h7-8,11-14,16,18-19H,9H2,1-6H3,(H2,26,27,28)/t16-,18+,19+,24-/m0/s1. The molecule has 3 heterocycles. The Morgan fingerprint density at radius 2 is 1.69 bits per heavy atom. The first-order valence-electron chi connectivity index (χ1n) is 11.7. The maximum atomic E-state index is 12.8. The van der Waals surface area contributed by atoms with Gasteiger partial charge in [0, 0.05) is 0 Å². The number of fused-ring (bicyclic) bond motifs is 1. The van der Waals surface area contributed by atoms with Crippen LogP contribution in [0.3, 0.4) is 0 Å². The number of carbonyl (C=O) groups excluding carboxylic acids is 3. The Morgan fingerprint density at radius 3 is 2.28 bits per heavy atom. The summed E-state index contributed by atoms with van der Waals surface area (Å²) in [6.07, 6.45) is -2.58. The van der Waals surface area contributed by atoms with E-state index in [0.29, 0.717) is 5.52 Å². The van der Waals surface area contributed by atoms with E-state index in [0.717, 1.165) is 0 Å². The lowest BCUT2D eigenvalue weighted by Gasteiger charge is -2.29. The molecule has 3 rings (SSSR count). The number of rotatable bonds is 8. The summed E-state index contributed by atoms with van der Waals surface area (Å²) in [4.78, 5) is 41.5. The van der Waals surface area contributed by atoms with Crippen molar-refractivity contribution in [2.75, 3.05) is 12.3 Å². The van der Waals surface area contributed by atoms with Crippen LogP contribution in [0, 0.1) is 29.1 Å². The van der Waals surface area contributed by atoms with Gasteiger partial charge in [0.05, 0.1) is 23.4 Å². The molecule has 0 unspecified atom stereocenters. The highest BCUT2D eigenvalue weighted by molar-refractivity contribution is 5.74. The Labute approximate surface area is 208 Å². The summed E-state index contributed by atoms with van der Waals surface area (Å²) in [6, 6.07) is 5.24. The first-order valence-corrected chi connectivity index (χ1v) is 11.7. The van der Waals surface area contributed by atoms with Gasteiger partial charge in [-0.3, -0.25) is 14.4 Å². The van der Waals surface area contributed by atoms with Crippen molar-refractivity contribution in [3.63, 3.8) is 0 Å². The Morgan fingerprint density at radius 1 is 1.08 bits per heavy atom. The number of nitrogens with two attached hydrogens (primary N) is 1. The van der Waals surface area contributed by atoms with Crippen molar-refractivity contribution in [1.29, 1.82) is 5.26 Å². The summed E-state index contributed by atoms with van der Waals surface area (Å²) in [6.45, 7) is 9.52. The van der Waals surface area contributed by atoms with Gasteiger partial charge in [-0.1, -0.05) is 41.5 Å². The number of nitrogens with zero attached hydrogens (tertiary/aromatic N) is 4. The normalized spacial score (nSPS) is 23.7. The highest BCUT2D eigenvalue weighted by atomic mass is 16.7. The number of nitrogen functional groups attached to an aromatic ring is 1. The van der Waals surface area contributed by atoms with Crippen LogP contribution in [-0.2, 0) is 38.9 Å². The minimum Gasteiger partial charge on any atom is -0.463 e. The molecule has 0 saturated carbocycles. The number of anilines is 1. The highest BCUT2D eigenvalue weighted by Gasteiger charge is 2.63. The lowest BCUT2D eigenvalue weighted by Crippen LogP contribution is -2.47. The molecule has 2 aromatic heterocycles. The van der Waals surface area contributed by atoms with E-state index in [1.807, 2.05) is 0 Å². The van der Waals surface area contributed by atoms with E-state index in [9.17, 15) is 19.6 Å². The minimum absolute atomic E-state index is 0.156. The Hall–Kier alpha value is -3.72. The zero-order chi connectivity index (χ0) is 26.8. The SMILES string of the molecule is CC(C)C(=O)OC[C@@H]1O[C@@](C#N)(c2ccc3c(N)ncnn23)[C@H](OC(=O)C(C)C)[C@@H]1OC(=O)C(C)C. The second-order valence-corrected chi connectivity index (χ2v) is 9.52. The lowest BCUT2D eigenvalue weighted by atomic mass is 9.91. The van der Waals surface area contributed by atoms with Gasteiger partial charge in [-0.05, 0) is 12.1 Å². The topological polar surface area (TPSA) is 168 Å². The van der Waals surface area contributed by atoms with Gasteiger partial charge in [0.25, 0.3) is 0 Å². The summed E-state index contributed by atoms with van der Waals surface area (Å²) >= 11 is 0. The molecule has 0 spiro atoms. The maximum absolute atomic E-state index is 12.8. The maximum Gasteiger partial charge on any atom is 0.308 e. The fourth-order valence-corrected chi connectivity index (χ4v) is 3.67. The molecule has 0 amide bonds. The van der Waals surface area contributed by atoms with Crippen LogP contribution in [0.15, 0.2) is 18.5 Å². The number of ether oxygens (including phenoxy) is 4. The van der Waals surface area contributed by atoms with Crippen LogP contribution in [-0.4, -0.2) is 57.4 Å². The quantitative estimate of drug-likeness (QED) is 0.413. The van der Waals surface area contributed by atoms with Gasteiger partial charge in [0.2, 0.25) is 5.60 Å². The molecule has 194 valence electrons. The number of hydrogen-bond acceptors (Lipinski definition) is 11. The summed E-state index contributed by atoms with van der Waals surface area (Å²) < 4.78 is 24.4. The third kappa shape index (κ3) is 4.97. The summed E-state index contributed by atoms with van der Waals surface area (Å²) in [5.74, 6) is -3.09. The fraction of sp³-hybridized carbons (Fsp3) is 0.583. The van der Waals surface area contributed by atoms with E-state index in [-0.39, 0.29) is 18.1 Å². The zero-order valence-electron chi connectivity index (χ0n) is 21.1. The number of carbonyl (C=O) groups is 3. The molecule has 12 nitrogen and oxygen atoms in total. The molecule has 0 bridgehead atoms. The second kappa shape index (κ2) is 10.5. The zero-order valence-corrected chi connectivity index (χ0v) is 21.1. The van der Waals surface area contributed by atoms with E-state index >= 15 is 0 Å². The number of hydrogen-bond donors (Lipinski definition) is 1. The Kier molecular flexibility index (Phi) is 7.83. The molecule has 36 heavy (non-hydrogen) atoms. The molecule has 1 aliphatic rings. The average molecular weight is 502 g/mol. The van der Waals surface area contributed by atoms with Crippen molar-refractivity contribution in [3.05, 3.63) is 24.2 Å². The van der Waals surface area contributed by atoms with E-state index in [1.165, 1.54) is 10.8 Å². The van der Waals surface area contributed by atoms with E-state index in [1.54, 1.807) is 53.7 Å². The number of nitriles is 1. The van der Waals surface area contributed by atoms with Crippen LogP contribution in [0.5, 0.6) is 0 Å². The summed E-state index contributed by atoms with van der Waals surface area (Å²) in [7, 11) is 0. The van der Waals surface area contributed by atoms with Gasteiger partial charge >= 0.3 is 17.9 Å². The van der Waals surface area contributed by atoms with Crippen LogP contribution in [0.2, 0.25) is 0 Å². The molecule has 0 radical (unpaired) electrons. The largest absolute Gasteiger partial charge is 0.463 e. The number of aromatic nitrogens is 3. The van der Waals surface area contributed by atoms with Crippen LogP contribution >= 0.6 is 0 Å². The lowest BCUT2D eigenvalue weighted by molar-refractivity contribution is -0.174. The summed E-state index contributed by atoms with van der Waals surface area (Å²) in [5.41, 5.74) is 4.56. The Balaban J connectivity index is 2.16. The second-order valence-electron chi connectivity index (χ2n) is 9.52. The minimum atomic E-state index is -1.98. The molecule has 1 saturated heterocycles. The fourth-order valence-electron chi connectivity index (χ4n) is 3.67. The van der Waals surface area contributed by atoms with Gasteiger partial charge in [-0.2, -0.15) is 10.4 Å². The van der Waals surface area contributed by atoms with Gasteiger partial charge in [0.15, 0.2) is 18.0 Å². The van der Waals surface area contributed by atoms with Gasteiger partial charge in [-0.25, -0.2) is 9.50 Å². The van der Waals surface area contributed by atoms with Crippen molar-refractivity contribution in [3.8, 4) is 6.07 Å². The van der Waals surface area contributed by atoms with E-state index in [2.05, 4.69) is 16.2 Å². The third-order valence-corrected chi connectivity index (χ3v) is 5.73. The van der Waals surface area contributed by atoms with Gasteiger partial charge < -0.3 is 24.7 Å². The molecule has 0 aliphatic carbocycles. The number of esters is 3. The molecule has 2 aromatic rings. The van der Waals surface area contributed by atoms with Crippen molar-refractivity contribution in [1.82, 2.24) is 14.6 Å². The van der Waals surface area contributed by atoms with Crippen LogP contribution in [0.4, 0.5) is 5.82 Å². The monoisotopic (exact) mass is 501 g/mol. The first kappa shape index (κ1) is 26.9. The van der Waals surface area contributed by atoms with Crippen molar-refractivity contribution in [2.24, 2.45) is 17.8 Å².